The third-order valence-corrected chi connectivity index (χ3v) is 2.48. The van der Waals surface area contributed by atoms with Crippen molar-refractivity contribution in [3.8, 4) is 0 Å². The summed E-state index contributed by atoms with van der Waals surface area (Å²) in [6, 6.07) is 0. The molecule has 0 aliphatic heterocycles. The average Bonchev–Trinajstić information content (AvgIpc) is 1.31. The van der Waals surface area contributed by atoms with Crippen LogP contribution in [0.2, 0.25) is 0 Å². The van der Waals surface area contributed by atoms with Crippen LogP contribution in [0.3, 0.4) is 0 Å². The zero-order valence-corrected chi connectivity index (χ0v) is 6.94. The monoisotopic (exact) mass is 138 g/mol. The first kappa shape index (κ1) is 7.72. The lowest BCUT2D eigenvalue weighted by atomic mass is 10.0. The summed E-state index contributed by atoms with van der Waals surface area (Å²) in [5, 5.41) is 0.188. The Hall–Kier alpha value is 0.720. The van der Waals surface area contributed by atoms with Crippen LogP contribution in [0.1, 0.15) is 20.8 Å². The van der Waals surface area contributed by atoms with Crippen LogP contribution in [-0.4, -0.2) is 5.12 Å². The highest BCUT2D eigenvalue weighted by atomic mass is 35.5. The van der Waals surface area contributed by atoms with Gasteiger partial charge in [-0.15, -0.1) is 20.8 Å². The van der Waals surface area contributed by atoms with E-state index in [0.717, 1.165) is 0 Å². The van der Waals surface area contributed by atoms with E-state index in [1.807, 2.05) is 0 Å². The highest BCUT2D eigenvalue weighted by Gasteiger charge is 2.16. The number of alkyl halides is 1. The molecule has 44 valence electrons. The largest absolute Gasteiger partial charge is 0.118 e. The second-order valence-corrected chi connectivity index (χ2v) is 4.33. The molecule has 0 spiro atoms. The maximum atomic E-state index is 5.72. The molecule has 0 saturated carbocycles. The van der Waals surface area contributed by atoms with Crippen LogP contribution >= 0.6 is 20.8 Å². The Morgan fingerprint density at radius 1 is 1.43 bits per heavy atom. The van der Waals surface area contributed by atoms with Crippen molar-refractivity contribution in [2.24, 2.45) is 5.41 Å². The molecule has 0 heterocycles. The Kier molecular flexibility index (Phi) is 2.57. The normalized spacial score (nSPS) is 16.7. The van der Waals surface area contributed by atoms with Crippen LogP contribution in [0.15, 0.2) is 0 Å². The van der Waals surface area contributed by atoms with Crippen LogP contribution < -0.4 is 0 Å². The van der Waals surface area contributed by atoms with E-state index in [9.17, 15) is 0 Å². The minimum absolute atomic E-state index is 0.188. The third kappa shape index (κ3) is 3.32. The SMILES string of the molecule is CC(C)(C)C(P)Cl. The highest BCUT2D eigenvalue weighted by molar-refractivity contribution is 7.21. The molecular weight excluding hydrogens is 126 g/mol. The second kappa shape index (κ2) is 2.33. The minimum atomic E-state index is 0.188. The van der Waals surface area contributed by atoms with Crippen molar-refractivity contribution < 1.29 is 0 Å². The van der Waals surface area contributed by atoms with E-state index in [0.29, 0.717) is 0 Å². The van der Waals surface area contributed by atoms with Gasteiger partial charge in [0.05, 0.1) is 5.12 Å². The molecule has 2 unspecified atom stereocenters. The molecule has 2 heteroatoms. The van der Waals surface area contributed by atoms with E-state index in [4.69, 9.17) is 11.6 Å². The number of hydrogen-bond acceptors (Lipinski definition) is 0. The molecule has 0 rings (SSSR count). The molecule has 0 aliphatic carbocycles. The van der Waals surface area contributed by atoms with Crippen molar-refractivity contribution in [1.82, 2.24) is 0 Å². The van der Waals surface area contributed by atoms with Gasteiger partial charge in [-0.25, -0.2) is 0 Å². The van der Waals surface area contributed by atoms with Gasteiger partial charge in [-0.2, -0.15) is 0 Å². The van der Waals surface area contributed by atoms with Gasteiger partial charge in [0.2, 0.25) is 0 Å². The molecule has 2 atom stereocenters. The summed E-state index contributed by atoms with van der Waals surface area (Å²) in [5.74, 6) is 0. The van der Waals surface area contributed by atoms with Crippen LogP contribution in [0, 0.1) is 5.41 Å². The molecule has 0 aromatic heterocycles. The summed E-state index contributed by atoms with van der Waals surface area (Å²) in [4.78, 5) is 0. The lowest BCUT2D eigenvalue weighted by molar-refractivity contribution is 0.455. The smallest absolute Gasteiger partial charge is 0.0524 e. The fourth-order valence-corrected chi connectivity index (χ4v) is 0. The molecule has 0 amide bonds. The van der Waals surface area contributed by atoms with Crippen molar-refractivity contribution in [1.29, 1.82) is 0 Å². The van der Waals surface area contributed by atoms with Crippen LogP contribution in [0.4, 0.5) is 0 Å². The van der Waals surface area contributed by atoms with Crippen molar-refractivity contribution in [3.05, 3.63) is 0 Å². The molecular formula is C5H12ClP. The molecule has 0 bridgehead atoms. The van der Waals surface area contributed by atoms with Crippen LogP contribution in [0.25, 0.3) is 0 Å². The average molecular weight is 139 g/mol. The molecule has 0 aromatic rings. The van der Waals surface area contributed by atoms with E-state index in [1.54, 1.807) is 0 Å². The van der Waals surface area contributed by atoms with E-state index in [-0.39, 0.29) is 10.5 Å². The fraction of sp³-hybridized carbons (Fsp3) is 1.00. The second-order valence-electron chi connectivity index (χ2n) is 2.77. The van der Waals surface area contributed by atoms with E-state index in [1.165, 1.54) is 0 Å². The Bertz CT molecular complexity index is 53.6. The highest BCUT2D eigenvalue weighted by Crippen LogP contribution is 2.28. The van der Waals surface area contributed by atoms with Crippen molar-refractivity contribution >= 4 is 20.8 Å². The maximum Gasteiger partial charge on any atom is 0.0524 e. The van der Waals surface area contributed by atoms with Gasteiger partial charge in [-0.3, -0.25) is 0 Å². The standard InChI is InChI=1S/C5H12ClP/c1-5(2,3)4(6)7/h4H,7H2,1-3H3. The van der Waals surface area contributed by atoms with Crippen molar-refractivity contribution in [2.75, 3.05) is 0 Å². The lowest BCUT2D eigenvalue weighted by Gasteiger charge is -2.20. The van der Waals surface area contributed by atoms with Gasteiger partial charge >= 0.3 is 0 Å². The maximum absolute atomic E-state index is 5.72. The van der Waals surface area contributed by atoms with Crippen molar-refractivity contribution in [3.63, 3.8) is 0 Å². The first-order valence-electron chi connectivity index (χ1n) is 2.34. The molecule has 0 radical (unpaired) electrons. The number of rotatable bonds is 0. The van der Waals surface area contributed by atoms with Crippen molar-refractivity contribution in [2.45, 2.75) is 25.9 Å². The molecule has 7 heavy (non-hydrogen) atoms. The van der Waals surface area contributed by atoms with Gasteiger partial charge in [-0.05, 0) is 5.41 Å². The molecule has 0 aromatic carbocycles. The molecule has 0 N–H and O–H groups in total. The first-order valence-corrected chi connectivity index (χ1v) is 3.44. The predicted molar refractivity (Wildman–Crippen MR) is 38.8 cm³/mol. The van der Waals surface area contributed by atoms with E-state index >= 15 is 0 Å². The molecule has 0 aliphatic rings. The summed E-state index contributed by atoms with van der Waals surface area (Å²) >= 11 is 5.72. The number of hydrogen-bond donors (Lipinski definition) is 0. The lowest BCUT2D eigenvalue weighted by Crippen LogP contribution is -2.13. The van der Waals surface area contributed by atoms with Crippen LogP contribution in [-0.2, 0) is 0 Å². The van der Waals surface area contributed by atoms with Crippen LogP contribution in [0.5, 0.6) is 0 Å². The Labute approximate surface area is 52.8 Å². The Morgan fingerprint density at radius 3 is 1.57 bits per heavy atom. The number of halogens is 1. The topological polar surface area (TPSA) is 0 Å². The fourth-order valence-electron chi connectivity index (χ4n) is 0. The summed E-state index contributed by atoms with van der Waals surface area (Å²) in [6.45, 7) is 6.33. The third-order valence-electron chi connectivity index (χ3n) is 0.827. The summed E-state index contributed by atoms with van der Waals surface area (Å²) in [5.41, 5.74) is 0.228. The first-order chi connectivity index (χ1) is 2.94. The van der Waals surface area contributed by atoms with Gasteiger partial charge in [0.25, 0.3) is 0 Å². The van der Waals surface area contributed by atoms with Gasteiger partial charge in [0.15, 0.2) is 0 Å². The quantitative estimate of drug-likeness (QED) is 0.356. The summed E-state index contributed by atoms with van der Waals surface area (Å²) in [7, 11) is 2.57. The zero-order chi connectivity index (χ0) is 6.08. The molecule has 0 nitrogen and oxygen atoms in total. The minimum Gasteiger partial charge on any atom is -0.118 e. The molecule has 0 fully saturated rings. The van der Waals surface area contributed by atoms with Gasteiger partial charge < -0.3 is 0 Å². The summed E-state index contributed by atoms with van der Waals surface area (Å²) in [6.07, 6.45) is 0. The summed E-state index contributed by atoms with van der Waals surface area (Å²) < 4.78 is 0. The molecule has 0 saturated heterocycles. The van der Waals surface area contributed by atoms with E-state index in [2.05, 4.69) is 30.0 Å². The Morgan fingerprint density at radius 2 is 1.57 bits per heavy atom. The van der Waals surface area contributed by atoms with Gasteiger partial charge in [0, 0.05) is 0 Å². The predicted octanol–water partition coefficient (Wildman–Crippen LogP) is 2.47. The van der Waals surface area contributed by atoms with E-state index < -0.39 is 0 Å². The van der Waals surface area contributed by atoms with Gasteiger partial charge in [0.1, 0.15) is 0 Å². The Balaban J connectivity index is 3.54. The zero-order valence-electron chi connectivity index (χ0n) is 5.03. The van der Waals surface area contributed by atoms with Gasteiger partial charge in [-0.1, -0.05) is 20.8 Å².